The minimum Gasteiger partial charge on any atom is -0.508 e. The third-order valence-electron chi connectivity index (χ3n) is 3.36. The molecule has 0 bridgehead atoms. The first-order valence-electron chi connectivity index (χ1n) is 7.79. The van der Waals surface area contributed by atoms with Gasteiger partial charge in [-0.2, -0.15) is 0 Å². The van der Waals surface area contributed by atoms with Gasteiger partial charge in [0.05, 0.1) is 13.2 Å². The summed E-state index contributed by atoms with van der Waals surface area (Å²) < 4.78 is 24.4. The van der Waals surface area contributed by atoms with Gasteiger partial charge in [0.1, 0.15) is 5.75 Å². The molecule has 2 aromatic carbocycles. The molecular weight excluding hydrogens is 384 g/mol. The first-order chi connectivity index (χ1) is 11.9. The van der Waals surface area contributed by atoms with Gasteiger partial charge >= 0.3 is 7.60 Å². The van der Waals surface area contributed by atoms with Crippen molar-refractivity contribution in [3.8, 4) is 5.75 Å². The van der Waals surface area contributed by atoms with Crippen LogP contribution in [0.25, 0.3) is 0 Å². The van der Waals surface area contributed by atoms with Crippen LogP contribution in [0, 0.1) is 0 Å². The molecule has 2 aromatic rings. The van der Waals surface area contributed by atoms with Crippen molar-refractivity contribution in [2.24, 2.45) is 0 Å². The van der Waals surface area contributed by atoms with E-state index in [2.05, 4.69) is 5.32 Å². The first kappa shape index (κ1) is 20.1. The van der Waals surface area contributed by atoms with Gasteiger partial charge in [-0.25, -0.2) is 0 Å². The largest absolute Gasteiger partial charge is 0.508 e. The lowest BCUT2D eigenvalue weighted by molar-refractivity contribution is 0.214. The van der Waals surface area contributed by atoms with Crippen molar-refractivity contribution in [1.82, 2.24) is 0 Å². The van der Waals surface area contributed by atoms with E-state index in [1.165, 1.54) is 12.1 Å². The van der Waals surface area contributed by atoms with E-state index in [1.54, 1.807) is 44.2 Å². The zero-order chi connectivity index (χ0) is 18.4. The number of aromatic hydroxyl groups is 1. The van der Waals surface area contributed by atoms with Gasteiger partial charge < -0.3 is 19.5 Å². The van der Waals surface area contributed by atoms with Crippen molar-refractivity contribution in [1.29, 1.82) is 0 Å². The fraction of sp³-hybridized carbons (Fsp3) is 0.294. The number of hydrogen-bond donors (Lipinski definition) is 2. The fourth-order valence-electron chi connectivity index (χ4n) is 2.31. The second kappa shape index (κ2) is 8.93. The molecule has 2 rings (SSSR count). The Bertz CT molecular complexity index is 745. The van der Waals surface area contributed by atoms with Gasteiger partial charge in [-0.05, 0) is 50.2 Å². The third-order valence-corrected chi connectivity index (χ3v) is 6.20. The first-order valence-corrected chi connectivity index (χ1v) is 10.2. The van der Waals surface area contributed by atoms with Crippen LogP contribution in [0.15, 0.2) is 42.5 Å². The second-order valence-corrected chi connectivity index (χ2v) is 8.09. The van der Waals surface area contributed by atoms with Crippen LogP contribution in [-0.2, 0) is 13.6 Å². The summed E-state index contributed by atoms with van der Waals surface area (Å²) in [5.41, 5.74) is 1.18. The number of hydrogen-bond acceptors (Lipinski definition) is 5. The van der Waals surface area contributed by atoms with E-state index in [0.717, 1.165) is 0 Å². The Hall–Kier alpha value is -1.23. The Morgan fingerprint density at radius 2 is 1.68 bits per heavy atom. The molecule has 136 valence electrons. The molecule has 2 N–H and O–H groups in total. The number of anilines is 1. The van der Waals surface area contributed by atoms with Crippen molar-refractivity contribution < 1.29 is 18.7 Å². The molecule has 0 saturated heterocycles. The quantitative estimate of drug-likeness (QED) is 0.413. The van der Waals surface area contributed by atoms with E-state index >= 15 is 0 Å². The van der Waals surface area contributed by atoms with Gasteiger partial charge in [0.25, 0.3) is 0 Å². The average Bonchev–Trinajstić information content (AvgIpc) is 2.55. The lowest BCUT2D eigenvalue weighted by Gasteiger charge is -2.28. The summed E-state index contributed by atoms with van der Waals surface area (Å²) in [6, 6.07) is 11.3. The average molecular weight is 404 g/mol. The summed E-state index contributed by atoms with van der Waals surface area (Å²) in [5, 5.41) is 13.4. The molecule has 0 spiro atoms. The summed E-state index contributed by atoms with van der Waals surface area (Å²) in [6.45, 7) is 3.92. The van der Waals surface area contributed by atoms with E-state index in [4.69, 9.17) is 32.2 Å². The van der Waals surface area contributed by atoms with Crippen LogP contribution in [0.5, 0.6) is 5.75 Å². The highest BCUT2D eigenvalue weighted by molar-refractivity contribution is 7.54. The van der Waals surface area contributed by atoms with E-state index in [9.17, 15) is 9.67 Å². The standard InChI is InChI=1S/C17H20Cl2NO4P/c1-3-23-25(22,24-4-2)17(15-10-5-12(18)11-16(15)19)20-13-6-8-14(21)9-7-13/h5-11,17,20-21H,3-4H2,1-2H3. The normalized spacial score (nSPS) is 12.8. The Balaban J connectivity index is 2.49. The molecule has 8 heteroatoms. The molecule has 0 heterocycles. The predicted octanol–water partition coefficient (Wildman–Crippen LogP) is 6.08. The molecule has 0 aliphatic rings. The maximum atomic E-state index is 13.4. The van der Waals surface area contributed by atoms with Gasteiger partial charge in [0.15, 0.2) is 5.78 Å². The predicted molar refractivity (Wildman–Crippen MR) is 102 cm³/mol. The Morgan fingerprint density at radius 1 is 1.08 bits per heavy atom. The molecule has 0 saturated carbocycles. The van der Waals surface area contributed by atoms with Crippen LogP contribution in [-0.4, -0.2) is 18.3 Å². The summed E-state index contributed by atoms with van der Waals surface area (Å²) in [6.07, 6.45) is 0. The smallest absolute Gasteiger partial charge is 0.357 e. The minimum atomic E-state index is -3.57. The highest BCUT2D eigenvalue weighted by atomic mass is 35.5. The second-order valence-electron chi connectivity index (χ2n) is 5.13. The van der Waals surface area contributed by atoms with Crippen molar-refractivity contribution in [3.05, 3.63) is 58.1 Å². The summed E-state index contributed by atoms with van der Waals surface area (Å²) in [5.74, 6) is -0.703. The van der Waals surface area contributed by atoms with Crippen LogP contribution in [0.2, 0.25) is 10.0 Å². The third kappa shape index (κ3) is 5.13. The van der Waals surface area contributed by atoms with Crippen LogP contribution in [0.1, 0.15) is 25.2 Å². The molecule has 0 aliphatic heterocycles. The Kier molecular flexibility index (Phi) is 7.17. The number of benzene rings is 2. The fourth-order valence-corrected chi connectivity index (χ4v) is 4.87. The molecular formula is C17H20Cl2NO4P. The van der Waals surface area contributed by atoms with Crippen molar-refractivity contribution in [2.45, 2.75) is 19.6 Å². The van der Waals surface area contributed by atoms with Crippen molar-refractivity contribution in [3.63, 3.8) is 0 Å². The van der Waals surface area contributed by atoms with E-state index in [0.29, 0.717) is 21.3 Å². The molecule has 5 nitrogen and oxygen atoms in total. The summed E-state index contributed by atoms with van der Waals surface area (Å²) in [7, 11) is -3.57. The number of nitrogens with one attached hydrogen (secondary N) is 1. The minimum absolute atomic E-state index is 0.129. The molecule has 0 aromatic heterocycles. The number of rotatable bonds is 8. The maximum Gasteiger partial charge on any atom is 0.357 e. The van der Waals surface area contributed by atoms with E-state index in [-0.39, 0.29) is 19.0 Å². The van der Waals surface area contributed by atoms with Gasteiger partial charge in [-0.15, -0.1) is 0 Å². The highest BCUT2D eigenvalue weighted by Gasteiger charge is 2.38. The van der Waals surface area contributed by atoms with Crippen molar-refractivity contribution >= 4 is 36.5 Å². The van der Waals surface area contributed by atoms with E-state index in [1.807, 2.05) is 0 Å². The van der Waals surface area contributed by atoms with Crippen molar-refractivity contribution in [2.75, 3.05) is 18.5 Å². The number of halogens is 2. The zero-order valence-electron chi connectivity index (χ0n) is 13.9. The zero-order valence-corrected chi connectivity index (χ0v) is 16.3. The van der Waals surface area contributed by atoms with Crippen LogP contribution in [0.4, 0.5) is 5.69 Å². The van der Waals surface area contributed by atoms with Gasteiger partial charge in [0, 0.05) is 21.3 Å². The molecule has 0 aliphatic carbocycles. The van der Waals surface area contributed by atoms with Gasteiger partial charge in [-0.1, -0.05) is 29.3 Å². The van der Waals surface area contributed by atoms with Gasteiger partial charge in [0.2, 0.25) is 0 Å². The topological polar surface area (TPSA) is 67.8 Å². The molecule has 1 atom stereocenters. The van der Waals surface area contributed by atoms with Crippen LogP contribution in [0.3, 0.4) is 0 Å². The Labute approximate surface area is 157 Å². The molecule has 0 amide bonds. The molecule has 1 unspecified atom stereocenters. The van der Waals surface area contributed by atoms with Gasteiger partial charge in [-0.3, -0.25) is 4.57 Å². The Morgan fingerprint density at radius 3 is 2.20 bits per heavy atom. The molecule has 0 radical (unpaired) electrons. The number of phenols is 1. The van der Waals surface area contributed by atoms with Crippen LogP contribution >= 0.6 is 30.8 Å². The summed E-state index contributed by atoms with van der Waals surface area (Å²) in [4.78, 5) is 0. The SMILES string of the molecule is CCOP(=O)(OCC)C(Nc1ccc(O)cc1)c1ccc(Cl)cc1Cl. The van der Waals surface area contributed by atoms with Crippen LogP contribution < -0.4 is 5.32 Å². The number of phenolic OH excluding ortho intramolecular Hbond substituents is 1. The molecule has 0 fully saturated rings. The lowest BCUT2D eigenvalue weighted by atomic mass is 10.2. The lowest BCUT2D eigenvalue weighted by Crippen LogP contribution is -2.15. The highest BCUT2D eigenvalue weighted by Crippen LogP contribution is 2.61. The summed E-state index contributed by atoms with van der Waals surface area (Å²) >= 11 is 12.3. The maximum absolute atomic E-state index is 13.4. The molecule has 25 heavy (non-hydrogen) atoms. The van der Waals surface area contributed by atoms with E-state index < -0.39 is 13.4 Å². The monoisotopic (exact) mass is 403 g/mol.